The third kappa shape index (κ3) is 6.36. The maximum atomic E-state index is 13.0. The van der Waals surface area contributed by atoms with Crippen molar-refractivity contribution in [2.45, 2.75) is 19.6 Å². The molecule has 0 aliphatic rings. The van der Waals surface area contributed by atoms with Crippen LogP contribution < -0.4 is 14.8 Å². The third-order valence-corrected chi connectivity index (χ3v) is 5.04. The summed E-state index contributed by atoms with van der Waals surface area (Å²) < 4.78 is 24.3. The van der Waals surface area contributed by atoms with Crippen LogP contribution in [0.4, 0.5) is 4.39 Å². The first kappa shape index (κ1) is 21.4. The van der Waals surface area contributed by atoms with Crippen LogP contribution in [0.3, 0.4) is 0 Å². The van der Waals surface area contributed by atoms with Crippen molar-refractivity contribution in [1.82, 2.24) is 5.32 Å². The van der Waals surface area contributed by atoms with Crippen molar-refractivity contribution < 1.29 is 13.9 Å². The molecule has 0 amide bonds. The van der Waals surface area contributed by atoms with E-state index in [0.717, 1.165) is 29.7 Å². The lowest BCUT2D eigenvalue weighted by Gasteiger charge is -2.13. The molecule has 152 valence electrons. The number of halogens is 3. The van der Waals surface area contributed by atoms with Gasteiger partial charge in [-0.05, 0) is 66.1 Å². The lowest BCUT2D eigenvalue weighted by atomic mass is 10.1. The van der Waals surface area contributed by atoms with Crippen LogP contribution in [0.15, 0.2) is 60.7 Å². The number of hydrogen-bond acceptors (Lipinski definition) is 3. The summed E-state index contributed by atoms with van der Waals surface area (Å²) in [5.74, 6) is 1.04. The molecule has 0 aliphatic heterocycles. The Labute approximate surface area is 180 Å². The molecule has 1 N–H and O–H groups in total. The van der Waals surface area contributed by atoms with Crippen molar-refractivity contribution in [2.24, 2.45) is 0 Å². The van der Waals surface area contributed by atoms with Crippen molar-refractivity contribution in [3.05, 3.63) is 93.2 Å². The fraction of sp³-hybridized carbons (Fsp3) is 0.217. The van der Waals surface area contributed by atoms with Crippen LogP contribution in [0.2, 0.25) is 10.0 Å². The van der Waals surface area contributed by atoms with E-state index in [2.05, 4.69) is 5.32 Å². The van der Waals surface area contributed by atoms with Crippen molar-refractivity contribution in [1.29, 1.82) is 0 Å². The van der Waals surface area contributed by atoms with Crippen molar-refractivity contribution in [3.63, 3.8) is 0 Å². The van der Waals surface area contributed by atoms with E-state index >= 15 is 0 Å². The summed E-state index contributed by atoms with van der Waals surface area (Å²) >= 11 is 12.1. The van der Waals surface area contributed by atoms with E-state index < -0.39 is 0 Å². The number of rotatable bonds is 9. The predicted octanol–water partition coefficient (Wildman–Crippen LogP) is 6.05. The minimum Gasteiger partial charge on any atom is -0.493 e. The summed E-state index contributed by atoms with van der Waals surface area (Å²) in [5, 5.41) is 4.73. The molecule has 29 heavy (non-hydrogen) atoms. The molecule has 0 saturated carbocycles. The highest BCUT2D eigenvalue weighted by molar-refractivity contribution is 6.35. The highest BCUT2D eigenvalue weighted by Gasteiger charge is 2.07. The largest absolute Gasteiger partial charge is 0.493 e. The molecule has 3 nitrogen and oxygen atoms in total. The van der Waals surface area contributed by atoms with Crippen LogP contribution in [0.1, 0.15) is 16.7 Å². The number of benzene rings is 3. The zero-order valence-electron chi connectivity index (χ0n) is 16.1. The Balaban J connectivity index is 1.52. The highest BCUT2D eigenvalue weighted by atomic mass is 35.5. The second-order valence-electron chi connectivity index (χ2n) is 6.56. The predicted molar refractivity (Wildman–Crippen MR) is 116 cm³/mol. The normalized spacial score (nSPS) is 10.8. The van der Waals surface area contributed by atoms with Crippen LogP contribution in [0.5, 0.6) is 11.5 Å². The Morgan fingerprint density at radius 3 is 2.38 bits per heavy atom. The van der Waals surface area contributed by atoms with Crippen molar-refractivity contribution in [2.75, 3.05) is 13.7 Å². The van der Waals surface area contributed by atoms with Crippen molar-refractivity contribution in [3.8, 4) is 11.5 Å². The van der Waals surface area contributed by atoms with Crippen LogP contribution in [-0.2, 0) is 19.6 Å². The molecular formula is C23H22Cl2FNO2. The minimum absolute atomic E-state index is 0.262. The van der Waals surface area contributed by atoms with Crippen LogP contribution in [0.25, 0.3) is 0 Å². The fourth-order valence-corrected chi connectivity index (χ4v) is 3.37. The second kappa shape index (κ2) is 10.5. The quantitative estimate of drug-likeness (QED) is 0.416. The van der Waals surface area contributed by atoms with Gasteiger partial charge in [0.25, 0.3) is 0 Å². The van der Waals surface area contributed by atoms with Gasteiger partial charge in [0.1, 0.15) is 12.4 Å². The smallest absolute Gasteiger partial charge is 0.161 e. The summed E-state index contributed by atoms with van der Waals surface area (Å²) in [5.41, 5.74) is 3.03. The molecule has 3 aromatic rings. The van der Waals surface area contributed by atoms with Crippen LogP contribution >= 0.6 is 23.2 Å². The number of ether oxygens (including phenoxy) is 2. The van der Waals surface area contributed by atoms with Gasteiger partial charge in [-0.1, -0.05) is 47.5 Å². The van der Waals surface area contributed by atoms with E-state index in [0.29, 0.717) is 34.7 Å². The Hall–Kier alpha value is -2.27. The van der Waals surface area contributed by atoms with Gasteiger partial charge < -0.3 is 14.8 Å². The first-order chi connectivity index (χ1) is 14.0. The molecule has 0 bridgehead atoms. The zero-order valence-corrected chi connectivity index (χ0v) is 17.6. The molecule has 3 rings (SSSR count). The number of methoxy groups -OCH3 is 1. The molecule has 6 heteroatoms. The molecule has 0 spiro atoms. The Kier molecular flexibility index (Phi) is 7.76. The molecular weight excluding hydrogens is 412 g/mol. The maximum absolute atomic E-state index is 13.0. The van der Waals surface area contributed by atoms with Gasteiger partial charge in [0.2, 0.25) is 0 Å². The van der Waals surface area contributed by atoms with E-state index in [4.69, 9.17) is 32.7 Å². The van der Waals surface area contributed by atoms with E-state index in [1.807, 2.05) is 30.3 Å². The lowest BCUT2D eigenvalue weighted by molar-refractivity contribution is 0.284. The van der Waals surface area contributed by atoms with Crippen molar-refractivity contribution >= 4 is 23.2 Å². The van der Waals surface area contributed by atoms with Gasteiger partial charge >= 0.3 is 0 Å². The average molecular weight is 434 g/mol. The SMILES string of the molecule is COc1cc(CNCCc2ccc(Cl)cc2Cl)ccc1OCc1ccc(F)cc1. The summed E-state index contributed by atoms with van der Waals surface area (Å²) in [6.07, 6.45) is 0.812. The standard InChI is InChI=1S/C23H22Cl2FNO2/c1-28-23-12-17(14-27-11-10-18-5-6-19(24)13-21(18)25)4-9-22(23)29-15-16-2-7-20(26)8-3-16/h2-9,12-13,27H,10-11,14-15H2,1H3. The molecule has 0 fully saturated rings. The Morgan fingerprint density at radius 1 is 0.897 bits per heavy atom. The van der Waals surface area contributed by atoms with Gasteiger partial charge in [0.05, 0.1) is 7.11 Å². The first-order valence-corrected chi connectivity index (χ1v) is 9.99. The monoisotopic (exact) mass is 433 g/mol. The second-order valence-corrected chi connectivity index (χ2v) is 7.41. The van der Waals surface area contributed by atoms with Gasteiger partial charge in [0, 0.05) is 16.6 Å². The molecule has 0 radical (unpaired) electrons. The summed E-state index contributed by atoms with van der Waals surface area (Å²) in [4.78, 5) is 0. The third-order valence-electron chi connectivity index (χ3n) is 4.45. The molecule has 0 atom stereocenters. The van der Waals surface area contributed by atoms with E-state index in [1.165, 1.54) is 12.1 Å². The van der Waals surface area contributed by atoms with Gasteiger partial charge in [-0.2, -0.15) is 0 Å². The molecule has 0 aliphatic carbocycles. The average Bonchev–Trinajstić information content (AvgIpc) is 2.72. The van der Waals surface area contributed by atoms with Gasteiger partial charge in [-0.3, -0.25) is 0 Å². The lowest BCUT2D eigenvalue weighted by Crippen LogP contribution is -2.16. The molecule has 0 heterocycles. The molecule has 0 aromatic heterocycles. The van der Waals surface area contributed by atoms with E-state index in [1.54, 1.807) is 25.3 Å². The maximum Gasteiger partial charge on any atom is 0.161 e. The minimum atomic E-state index is -0.262. The fourth-order valence-electron chi connectivity index (χ4n) is 2.86. The highest BCUT2D eigenvalue weighted by Crippen LogP contribution is 2.29. The first-order valence-electron chi connectivity index (χ1n) is 9.24. The van der Waals surface area contributed by atoms with E-state index in [-0.39, 0.29) is 5.82 Å². The molecule has 0 saturated heterocycles. The zero-order chi connectivity index (χ0) is 20.6. The summed E-state index contributed by atoms with van der Waals surface area (Å²) in [7, 11) is 1.61. The topological polar surface area (TPSA) is 30.5 Å². The Morgan fingerprint density at radius 2 is 1.66 bits per heavy atom. The van der Waals surface area contributed by atoms with E-state index in [9.17, 15) is 4.39 Å². The van der Waals surface area contributed by atoms with Gasteiger partial charge in [-0.15, -0.1) is 0 Å². The summed E-state index contributed by atoms with van der Waals surface area (Å²) in [6.45, 7) is 1.82. The molecule has 0 unspecified atom stereocenters. The van der Waals surface area contributed by atoms with Crippen LogP contribution in [-0.4, -0.2) is 13.7 Å². The summed E-state index contributed by atoms with van der Waals surface area (Å²) in [6, 6.07) is 17.6. The van der Waals surface area contributed by atoms with Gasteiger partial charge in [0.15, 0.2) is 11.5 Å². The number of nitrogens with one attached hydrogen (secondary N) is 1. The van der Waals surface area contributed by atoms with Crippen LogP contribution in [0, 0.1) is 5.82 Å². The number of hydrogen-bond donors (Lipinski definition) is 1. The Bertz CT molecular complexity index is 948. The van der Waals surface area contributed by atoms with Gasteiger partial charge in [-0.25, -0.2) is 4.39 Å². The molecule has 3 aromatic carbocycles.